The molecule has 1 aromatic carbocycles. The summed E-state index contributed by atoms with van der Waals surface area (Å²) in [6, 6.07) is 5.08. The number of benzene rings is 1. The van der Waals surface area contributed by atoms with Gasteiger partial charge in [-0.05, 0) is 13.0 Å². The summed E-state index contributed by atoms with van der Waals surface area (Å²) < 4.78 is 13.1. The van der Waals surface area contributed by atoms with Crippen LogP contribution in [0.25, 0.3) is 10.8 Å². The Morgan fingerprint density at radius 1 is 1.20 bits per heavy atom. The molecule has 2 aromatic rings. The third-order valence-electron chi connectivity index (χ3n) is 2.01. The third-order valence-corrected chi connectivity index (χ3v) is 2.01. The summed E-state index contributed by atoms with van der Waals surface area (Å²) in [5.74, 6) is -0.394. The van der Waals surface area contributed by atoms with Gasteiger partial charge in [-0.15, -0.1) is 0 Å². The molecule has 0 bridgehead atoms. The minimum absolute atomic E-state index is 0.250. The Hall–Kier alpha value is -1.64. The van der Waals surface area contributed by atoms with E-state index < -0.39 is 5.82 Å². The van der Waals surface area contributed by atoms with E-state index in [1.807, 2.05) is 20.8 Å². The van der Waals surface area contributed by atoms with Gasteiger partial charge in [-0.1, -0.05) is 31.5 Å². The van der Waals surface area contributed by atoms with Crippen LogP contribution in [0, 0.1) is 12.7 Å². The summed E-state index contributed by atoms with van der Waals surface area (Å²) in [5.41, 5.74) is 0.698. The summed E-state index contributed by atoms with van der Waals surface area (Å²) in [4.78, 5) is 13.6. The molecule has 0 saturated heterocycles. The molecule has 0 aliphatic carbocycles. The molecule has 1 heterocycles. The number of fused-ring (bicyclic) bond motifs is 1. The number of aromatic nitrogens is 1. The van der Waals surface area contributed by atoms with Gasteiger partial charge in [-0.2, -0.15) is 0 Å². The van der Waals surface area contributed by atoms with E-state index in [2.05, 4.69) is 4.98 Å². The second-order valence-electron chi connectivity index (χ2n) is 3.01. The number of aryl methyl sites for hydroxylation is 1. The van der Waals surface area contributed by atoms with E-state index >= 15 is 0 Å². The van der Waals surface area contributed by atoms with Crippen molar-refractivity contribution >= 4 is 10.8 Å². The second kappa shape index (κ2) is 4.73. The van der Waals surface area contributed by atoms with E-state index in [0.717, 1.165) is 11.8 Å². The fraction of sp³-hybridized carbons (Fsp3) is 0.250. The highest BCUT2D eigenvalue weighted by molar-refractivity contribution is 5.82. The van der Waals surface area contributed by atoms with Crippen molar-refractivity contribution in [1.82, 2.24) is 4.98 Å². The molecule has 15 heavy (non-hydrogen) atoms. The lowest BCUT2D eigenvalue weighted by molar-refractivity contribution is 0.633. The lowest BCUT2D eigenvalue weighted by Gasteiger charge is -1.98. The second-order valence-corrected chi connectivity index (χ2v) is 3.01. The number of halogens is 1. The Kier molecular flexibility index (Phi) is 3.61. The minimum atomic E-state index is -0.394. The molecule has 80 valence electrons. The lowest BCUT2D eigenvalue weighted by atomic mass is 10.1. The molecule has 1 aromatic heterocycles. The Morgan fingerprint density at radius 2 is 1.87 bits per heavy atom. The molecular weight excluding hydrogens is 193 g/mol. The van der Waals surface area contributed by atoms with Crippen molar-refractivity contribution in [1.29, 1.82) is 0 Å². The Bertz CT molecular complexity index is 517. The van der Waals surface area contributed by atoms with Crippen LogP contribution in [0.4, 0.5) is 4.39 Å². The molecule has 0 spiro atoms. The molecule has 0 atom stereocenters. The van der Waals surface area contributed by atoms with Gasteiger partial charge in [0.15, 0.2) is 0 Å². The summed E-state index contributed by atoms with van der Waals surface area (Å²) in [5, 5.41) is 0.773. The first kappa shape index (κ1) is 11.4. The fourth-order valence-corrected chi connectivity index (χ4v) is 1.34. The summed E-state index contributed by atoms with van der Waals surface area (Å²) >= 11 is 0. The summed E-state index contributed by atoms with van der Waals surface area (Å²) in [7, 11) is 0. The highest BCUT2D eigenvalue weighted by atomic mass is 19.1. The maximum absolute atomic E-state index is 13.1. The third kappa shape index (κ3) is 2.24. The summed E-state index contributed by atoms with van der Waals surface area (Å²) in [6.45, 7) is 5.86. The molecule has 0 radical (unpaired) electrons. The average molecular weight is 207 g/mol. The van der Waals surface area contributed by atoms with E-state index in [0.29, 0.717) is 10.8 Å². The maximum atomic E-state index is 13.1. The van der Waals surface area contributed by atoms with Crippen LogP contribution in [-0.4, -0.2) is 4.98 Å². The van der Waals surface area contributed by atoms with E-state index in [1.165, 1.54) is 0 Å². The molecule has 0 fully saturated rings. The minimum Gasteiger partial charge on any atom is -0.326 e. The molecule has 0 unspecified atom stereocenters. The van der Waals surface area contributed by atoms with E-state index in [-0.39, 0.29) is 5.56 Å². The zero-order chi connectivity index (χ0) is 11.4. The van der Waals surface area contributed by atoms with Crippen LogP contribution < -0.4 is 5.56 Å². The standard InChI is InChI=1S/C10H8FNO.C2H6/c1-6-2-3-7-8(4-6)10(13)12-5-9(7)11;1-2/h2-5H,1H3,(H,12,13);1-2H3. The highest BCUT2D eigenvalue weighted by Gasteiger charge is 2.03. The van der Waals surface area contributed by atoms with Crippen LogP contribution in [0.3, 0.4) is 0 Å². The maximum Gasteiger partial charge on any atom is 0.256 e. The molecule has 0 aliphatic heterocycles. The van der Waals surface area contributed by atoms with Gasteiger partial charge < -0.3 is 4.98 Å². The smallest absolute Gasteiger partial charge is 0.256 e. The van der Waals surface area contributed by atoms with Crippen molar-refractivity contribution in [3.63, 3.8) is 0 Å². The van der Waals surface area contributed by atoms with Crippen LogP contribution in [0.2, 0.25) is 0 Å². The van der Waals surface area contributed by atoms with E-state index in [9.17, 15) is 9.18 Å². The van der Waals surface area contributed by atoms with Gasteiger partial charge in [0.25, 0.3) is 5.56 Å². The molecule has 2 nitrogen and oxygen atoms in total. The van der Waals surface area contributed by atoms with Crippen LogP contribution in [0.15, 0.2) is 29.2 Å². The first-order valence-corrected chi connectivity index (χ1v) is 4.96. The topological polar surface area (TPSA) is 32.9 Å². The first-order valence-electron chi connectivity index (χ1n) is 4.96. The van der Waals surface area contributed by atoms with Crippen LogP contribution in [0.5, 0.6) is 0 Å². The number of pyridine rings is 1. The van der Waals surface area contributed by atoms with Crippen LogP contribution in [-0.2, 0) is 0 Å². The van der Waals surface area contributed by atoms with Gasteiger partial charge in [0.1, 0.15) is 5.82 Å². The largest absolute Gasteiger partial charge is 0.326 e. The molecule has 0 saturated carbocycles. The van der Waals surface area contributed by atoms with Gasteiger partial charge in [0.05, 0.1) is 5.39 Å². The quantitative estimate of drug-likeness (QED) is 0.707. The van der Waals surface area contributed by atoms with Crippen molar-refractivity contribution < 1.29 is 4.39 Å². The predicted octanol–water partition coefficient (Wildman–Crippen LogP) is 3.00. The van der Waals surface area contributed by atoms with Gasteiger partial charge in [-0.25, -0.2) is 4.39 Å². The number of H-pyrrole nitrogens is 1. The molecule has 3 heteroatoms. The Balaban J connectivity index is 0.000000531. The highest BCUT2D eigenvalue weighted by Crippen LogP contribution is 2.14. The van der Waals surface area contributed by atoms with Gasteiger partial charge in [0.2, 0.25) is 0 Å². The first-order chi connectivity index (χ1) is 7.18. The fourth-order valence-electron chi connectivity index (χ4n) is 1.34. The Labute approximate surface area is 87.8 Å². The number of aromatic amines is 1. The van der Waals surface area contributed by atoms with Gasteiger partial charge in [-0.3, -0.25) is 4.79 Å². The van der Waals surface area contributed by atoms with E-state index in [4.69, 9.17) is 0 Å². The van der Waals surface area contributed by atoms with Crippen LogP contribution >= 0.6 is 0 Å². The monoisotopic (exact) mass is 207 g/mol. The van der Waals surface area contributed by atoms with Crippen molar-refractivity contribution in [2.24, 2.45) is 0 Å². The van der Waals surface area contributed by atoms with Crippen LogP contribution in [0.1, 0.15) is 19.4 Å². The van der Waals surface area contributed by atoms with Crippen molar-refractivity contribution in [3.05, 3.63) is 46.1 Å². The Morgan fingerprint density at radius 3 is 2.53 bits per heavy atom. The molecule has 1 N–H and O–H groups in total. The number of hydrogen-bond donors (Lipinski definition) is 1. The van der Waals surface area contributed by atoms with E-state index in [1.54, 1.807) is 18.2 Å². The lowest BCUT2D eigenvalue weighted by Crippen LogP contribution is -2.06. The molecule has 0 amide bonds. The van der Waals surface area contributed by atoms with Crippen molar-refractivity contribution in [2.75, 3.05) is 0 Å². The number of hydrogen-bond acceptors (Lipinski definition) is 1. The molecular formula is C12H14FNO. The van der Waals surface area contributed by atoms with Gasteiger partial charge in [0, 0.05) is 11.6 Å². The zero-order valence-corrected chi connectivity index (χ0v) is 9.10. The summed E-state index contributed by atoms with van der Waals surface area (Å²) in [6.07, 6.45) is 1.08. The van der Waals surface area contributed by atoms with Crippen molar-refractivity contribution in [2.45, 2.75) is 20.8 Å². The number of nitrogens with one attached hydrogen (secondary N) is 1. The van der Waals surface area contributed by atoms with Crippen molar-refractivity contribution in [3.8, 4) is 0 Å². The van der Waals surface area contributed by atoms with Gasteiger partial charge >= 0.3 is 0 Å². The average Bonchev–Trinajstić information content (AvgIpc) is 2.27. The SMILES string of the molecule is CC.Cc1ccc2c(F)c[nH]c(=O)c2c1. The molecule has 2 rings (SSSR count). The predicted molar refractivity (Wildman–Crippen MR) is 60.6 cm³/mol. The zero-order valence-electron chi connectivity index (χ0n) is 9.10. The number of rotatable bonds is 0. The normalized spacial score (nSPS) is 9.60. The molecule has 0 aliphatic rings.